The van der Waals surface area contributed by atoms with Crippen molar-refractivity contribution in [1.82, 2.24) is 10.2 Å². The van der Waals surface area contributed by atoms with Crippen molar-refractivity contribution in [1.29, 1.82) is 0 Å². The van der Waals surface area contributed by atoms with Crippen LogP contribution < -0.4 is 15.4 Å². The van der Waals surface area contributed by atoms with Crippen LogP contribution in [0.15, 0.2) is 24.3 Å². The second kappa shape index (κ2) is 7.26. The number of methoxy groups -OCH3 is 1. The van der Waals surface area contributed by atoms with Gasteiger partial charge in [0.2, 0.25) is 5.91 Å². The van der Waals surface area contributed by atoms with Crippen LogP contribution in [-0.4, -0.2) is 50.6 Å². The van der Waals surface area contributed by atoms with Crippen LogP contribution in [0.1, 0.15) is 12.8 Å². The fraction of sp³-hybridized carbons (Fsp3) is 0.533. The number of piperidine rings is 1. The minimum absolute atomic E-state index is 0.0342. The molecule has 2 rings (SSSR count). The summed E-state index contributed by atoms with van der Waals surface area (Å²) >= 11 is 0. The van der Waals surface area contributed by atoms with Crippen molar-refractivity contribution in [3.8, 4) is 5.75 Å². The number of likely N-dealkylation sites (tertiary alicyclic amines) is 1. The first-order chi connectivity index (χ1) is 9.71. The molecule has 1 fully saturated rings. The zero-order valence-electron chi connectivity index (χ0n) is 12.2. The molecule has 1 aliphatic heterocycles. The number of rotatable bonds is 5. The zero-order chi connectivity index (χ0) is 14.4. The van der Waals surface area contributed by atoms with E-state index in [9.17, 15) is 4.79 Å². The van der Waals surface area contributed by atoms with Gasteiger partial charge in [-0.25, -0.2) is 0 Å². The summed E-state index contributed by atoms with van der Waals surface area (Å²) in [4.78, 5) is 14.2. The van der Waals surface area contributed by atoms with Crippen molar-refractivity contribution in [3.63, 3.8) is 0 Å². The Labute approximate surface area is 120 Å². The van der Waals surface area contributed by atoms with E-state index in [1.54, 1.807) is 7.11 Å². The molecule has 0 spiro atoms. The Morgan fingerprint density at radius 3 is 2.80 bits per heavy atom. The normalized spacial score (nSPS) is 19.6. The third-order valence-corrected chi connectivity index (χ3v) is 3.65. The Morgan fingerprint density at radius 1 is 1.40 bits per heavy atom. The van der Waals surface area contributed by atoms with Crippen LogP contribution >= 0.6 is 0 Å². The number of hydrogen-bond donors (Lipinski definition) is 2. The summed E-state index contributed by atoms with van der Waals surface area (Å²) in [5.41, 5.74) is 0.804. The van der Waals surface area contributed by atoms with Gasteiger partial charge < -0.3 is 15.4 Å². The van der Waals surface area contributed by atoms with Crippen LogP contribution in [0.5, 0.6) is 5.75 Å². The third-order valence-electron chi connectivity index (χ3n) is 3.65. The van der Waals surface area contributed by atoms with Gasteiger partial charge in [0.05, 0.1) is 13.7 Å². The van der Waals surface area contributed by atoms with E-state index in [0.29, 0.717) is 12.6 Å². The van der Waals surface area contributed by atoms with Crippen molar-refractivity contribution in [2.24, 2.45) is 0 Å². The molecule has 5 heteroatoms. The second-order valence-corrected chi connectivity index (χ2v) is 5.14. The molecule has 1 atom stereocenters. The number of nitrogens with zero attached hydrogens (tertiary/aromatic N) is 1. The van der Waals surface area contributed by atoms with E-state index >= 15 is 0 Å². The Hall–Kier alpha value is -1.59. The van der Waals surface area contributed by atoms with Gasteiger partial charge in [-0.15, -0.1) is 0 Å². The van der Waals surface area contributed by atoms with E-state index in [-0.39, 0.29) is 5.91 Å². The number of hydrogen-bond acceptors (Lipinski definition) is 4. The maximum absolute atomic E-state index is 12.0. The number of anilines is 1. The molecule has 1 heterocycles. The summed E-state index contributed by atoms with van der Waals surface area (Å²) in [7, 11) is 3.60. The number of nitrogens with one attached hydrogen (secondary N) is 2. The van der Waals surface area contributed by atoms with Gasteiger partial charge >= 0.3 is 0 Å². The average Bonchev–Trinajstić information content (AvgIpc) is 2.48. The largest absolute Gasteiger partial charge is 0.497 e. The Bertz CT molecular complexity index is 433. The lowest BCUT2D eigenvalue weighted by Crippen LogP contribution is -2.46. The summed E-state index contributed by atoms with van der Waals surface area (Å²) in [5.74, 6) is 0.822. The molecule has 0 bridgehead atoms. The number of likely N-dealkylation sites (N-methyl/N-ethyl adjacent to an activating group) is 1. The van der Waals surface area contributed by atoms with Crippen molar-refractivity contribution in [2.75, 3.05) is 39.1 Å². The summed E-state index contributed by atoms with van der Waals surface area (Å²) in [5, 5.41) is 6.20. The highest BCUT2D eigenvalue weighted by Crippen LogP contribution is 2.15. The molecule has 5 nitrogen and oxygen atoms in total. The van der Waals surface area contributed by atoms with Gasteiger partial charge in [-0.05, 0) is 50.7 Å². The molecule has 20 heavy (non-hydrogen) atoms. The molecule has 1 unspecified atom stereocenters. The van der Waals surface area contributed by atoms with E-state index in [4.69, 9.17) is 4.74 Å². The van der Waals surface area contributed by atoms with Crippen molar-refractivity contribution in [3.05, 3.63) is 24.3 Å². The van der Waals surface area contributed by atoms with Crippen molar-refractivity contribution < 1.29 is 9.53 Å². The lowest BCUT2D eigenvalue weighted by atomic mass is 10.1. The molecule has 0 saturated carbocycles. The van der Waals surface area contributed by atoms with Crippen LogP contribution in [0.4, 0.5) is 5.69 Å². The number of benzene rings is 1. The van der Waals surface area contributed by atoms with E-state index in [2.05, 4.69) is 15.5 Å². The third kappa shape index (κ3) is 4.21. The Balaban J connectivity index is 1.82. The quantitative estimate of drug-likeness (QED) is 0.852. The van der Waals surface area contributed by atoms with Crippen LogP contribution in [0.25, 0.3) is 0 Å². The Kier molecular flexibility index (Phi) is 5.38. The van der Waals surface area contributed by atoms with Gasteiger partial charge in [0.25, 0.3) is 0 Å². The average molecular weight is 277 g/mol. The fourth-order valence-electron chi connectivity index (χ4n) is 2.51. The highest BCUT2D eigenvalue weighted by molar-refractivity contribution is 5.92. The molecule has 1 saturated heterocycles. The van der Waals surface area contributed by atoms with Crippen molar-refractivity contribution >= 4 is 11.6 Å². The molecule has 1 aromatic carbocycles. The molecule has 0 aromatic heterocycles. The molecule has 110 valence electrons. The van der Waals surface area contributed by atoms with E-state index in [1.807, 2.05) is 31.3 Å². The number of carbonyl (C=O) groups excluding carboxylic acids is 1. The van der Waals surface area contributed by atoms with E-state index < -0.39 is 0 Å². The molecule has 1 aromatic rings. The fourth-order valence-corrected chi connectivity index (χ4v) is 2.51. The first-order valence-corrected chi connectivity index (χ1v) is 7.05. The maximum Gasteiger partial charge on any atom is 0.238 e. The number of ether oxygens (including phenoxy) is 1. The monoisotopic (exact) mass is 277 g/mol. The minimum Gasteiger partial charge on any atom is -0.497 e. The van der Waals surface area contributed by atoms with E-state index in [0.717, 1.165) is 30.9 Å². The van der Waals surface area contributed by atoms with Gasteiger partial charge in [0, 0.05) is 18.3 Å². The minimum atomic E-state index is 0.0342. The summed E-state index contributed by atoms with van der Waals surface area (Å²) < 4.78 is 5.09. The lowest BCUT2D eigenvalue weighted by molar-refractivity contribution is -0.117. The predicted octanol–water partition coefficient (Wildman–Crippen LogP) is 1.32. The summed E-state index contributed by atoms with van der Waals surface area (Å²) in [6, 6.07) is 7.88. The molecule has 1 amide bonds. The van der Waals surface area contributed by atoms with Gasteiger partial charge in [0.15, 0.2) is 0 Å². The van der Waals surface area contributed by atoms with Crippen molar-refractivity contribution in [2.45, 2.75) is 18.9 Å². The molecular weight excluding hydrogens is 254 g/mol. The number of carbonyl (C=O) groups is 1. The zero-order valence-corrected chi connectivity index (χ0v) is 12.2. The molecule has 2 N–H and O–H groups in total. The second-order valence-electron chi connectivity index (χ2n) is 5.14. The highest BCUT2D eigenvalue weighted by Gasteiger charge is 2.20. The van der Waals surface area contributed by atoms with E-state index in [1.165, 1.54) is 6.42 Å². The Morgan fingerprint density at radius 2 is 2.15 bits per heavy atom. The topological polar surface area (TPSA) is 53.6 Å². The lowest BCUT2D eigenvalue weighted by Gasteiger charge is -2.31. The molecule has 0 aliphatic carbocycles. The molecular formula is C15H23N3O2. The first-order valence-electron chi connectivity index (χ1n) is 7.05. The predicted molar refractivity (Wildman–Crippen MR) is 80.1 cm³/mol. The smallest absolute Gasteiger partial charge is 0.238 e. The highest BCUT2D eigenvalue weighted by atomic mass is 16.5. The van der Waals surface area contributed by atoms with Gasteiger partial charge in [-0.2, -0.15) is 0 Å². The summed E-state index contributed by atoms with van der Waals surface area (Å²) in [6.07, 6.45) is 2.33. The van der Waals surface area contributed by atoms with Crippen LogP contribution in [0.2, 0.25) is 0 Å². The molecule has 0 radical (unpaired) electrons. The summed E-state index contributed by atoms with van der Waals surface area (Å²) in [6.45, 7) is 2.38. The standard InChI is InChI=1S/C15H23N3O2/c1-16-13-4-3-9-18(10-13)11-15(19)17-12-5-7-14(20-2)8-6-12/h5-8,13,16H,3-4,9-11H2,1-2H3,(H,17,19). The maximum atomic E-state index is 12.0. The first kappa shape index (κ1) is 14.8. The van der Waals surface area contributed by atoms with Crippen LogP contribution in [0.3, 0.4) is 0 Å². The number of amides is 1. The SMILES string of the molecule is CNC1CCCN(CC(=O)Nc2ccc(OC)cc2)C1. The van der Waals surface area contributed by atoms with Crippen LogP contribution in [0, 0.1) is 0 Å². The molecule has 1 aliphatic rings. The van der Waals surface area contributed by atoms with Gasteiger partial charge in [-0.1, -0.05) is 0 Å². The van der Waals surface area contributed by atoms with Crippen LogP contribution in [-0.2, 0) is 4.79 Å². The van der Waals surface area contributed by atoms with Gasteiger partial charge in [0.1, 0.15) is 5.75 Å². The van der Waals surface area contributed by atoms with Gasteiger partial charge in [-0.3, -0.25) is 9.69 Å².